The van der Waals surface area contributed by atoms with Crippen LogP contribution in [-0.2, 0) is 0 Å². The molecule has 0 heterocycles. The van der Waals surface area contributed by atoms with Crippen LogP contribution in [0, 0.1) is 0 Å². The normalized spacial score (nSPS) is 18.7. The fourth-order valence-corrected chi connectivity index (χ4v) is 4.17. The van der Waals surface area contributed by atoms with Gasteiger partial charge in [-0.3, -0.25) is 4.99 Å². The Morgan fingerprint density at radius 1 is 0.923 bits per heavy atom. The van der Waals surface area contributed by atoms with Gasteiger partial charge >= 0.3 is 0 Å². The van der Waals surface area contributed by atoms with Gasteiger partial charge in [0.2, 0.25) is 0 Å². The Kier molecular flexibility index (Phi) is 9.81. The van der Waals surface area contributed by atoms with E-state index in [4.69, 9.17) is 0 Å². The van der Waals surface area contributed by atoms with Crippen LogP contribution in [0.4, 0.5) is 0 Å². The predicted molar refractivity (Wildman–Crippen MR) is 114 cm³/mol. The smallest absolute Gasteiger partial charge is 0.127 e. The summed E-state index contributed by atoms with van der Waals surface area (Å²) in [6.07, 6.45) is 18.6. The number of aromatic hydroxyl groups is 1. The van der Waals surface area contributed by atoms with E-state index in [9.17, 15) is 5.11 Å². The van der Waals surface area contributed by atoms with Gasteiger partial charge in [-0.2, -0.15) is 0 Å². The van der Waals surface area contributed by atoms with Crippen molar-refractivity contribution < 1.29 is 5.11 Å². The first-order valence-electron chi connectivity index (χ1n) is 11.1. The zero-order valence-electron chi connectivity index (χ0n) is 17.1. The Balaban J connectivity index is 2.11. The molecule has 2 heteroatoms. The van der Waals surface area contributed by atoms with Crippen LogP contribution in [0.1, 0.15) is 114 Å². The molecule has 146 valence electrons. The molecule has 1 aliphatic rings. The van der Waals surface area contributed by atoms with Gasteiger partial charge in [0.15, 0.2) is 0 Å². The monoisotopic (exact) mass is 357 g/mol. The van der Waals surface area contributed by atoms with Gasteiger partial charge in [-0.1, -0.05) is 83.8 Å². The first-order chi connectivity index (χ1) is 12.8. The molecular weight excluding hydrogens is 318 g/mol. The minimum absolute atomic E-state index is 0.361. The quantitative estimate of drug-likeness (QED) is 0.547. The number of hydrogen-bond acceptors (Lipinski definition) is 2. The van der Waals surface area contributed by atoms with Crippen LogP contribution in [0.25, 0.3) is 0 Å². The summed E-state index contributed by atoms with van der Waals surface area (Å²) in [5.41, 5.74) is 2.04. The maximum atomic E-state index is 10.9. The highest BCUT2D eigenvalue weighted by Crippen LogP contribution is 2.36. The standard InChI is InChI=1S/C24H39NO/c1-3-22(4-2)25-19-21-17-14-18-23(24(21)26)20-15-12-10-8-6-5-7-9-11-13-16-20/h14,17-20,22,26H,3-13,15-16H2,1-2H3. The van der Waals surface area contributed by atoms with Crippen molar-refractivity contribution in [2.24, 2.45) is 4.99 Å². The third-order valence-electron chi connectivity index (χ3n) is 6.01. The maximum Gasteiger partial charge on any atom is 0.127 e. The van der Waals surface area contributed by atoms with E-state index in [-0.39, 0.29) is 0 Å². The molecule has 0 radical (unpaired) electrons. The Hall–Kier alpha value is -1.31. The lowest BCUT2D eigenvalue weighted by atomic mass is 9.86. The van der Waals surface area contributed by atoms with Crippen LogP contribution in [0.3, 0.4) is 0 Å². The number of phenolic OH excluding ortho intramolecular Hbond substituents is 1. The van der Waals surface area contributed by atoms with E-state index in [0.29, 0.717) is 17.7 Å². The van der Waals surface area contributed by atoms with Crippen molar-refractivity contribution in [1.29, 1.82) is 0 Å². The number of nitrogens with zero attached hydrogens (tertiary/aromatic N) is 1. The van der Waals surface area contributed by atoms with Gasteiger partial charge in [-0.25, -0.2) is 0 Å². The summed E-state index contributed by atoms with van der Waals surface area (Å²) < 4.78 is 0. The number of para-hydroxylation sites is 1. The summed E-state index contributed by atoms with van der Waals surface area (Å²) in [5, 5.41) is 10.9. The second-order valence-corrected chi connectivity index (χ2v) is 7.99. The molecule has 0 spiro atoms. The van der Waals surface area contributed by atoms with Crippen molar-refractivity contribution in [1.82, 2.24) is 0 Å². The molecule has 0 aromatic heterocycles. The molecule has 0 amide bonds. The number of benzene rings is 1. The molecule has 1 aliphatic carbocycles. The summed E-state index contributed by atoms with van der Waals surface area (Å²) in [6.45, 7) is 4.35. The van der Waals surface area contributed by atoms with Crippen LogP contribution < -0.4 is 0 Å². The van der Waals surface area contributed by atoms with Crippen molar-refractivity contribution >= 4 is 6.21 Å². The number of rotatable bonds is 5. The third-order valence-corrected chi connectivity index (χ3v) is 6.01. The number of aliphatic imine (C=N–C) groups is 1. The fraction of sp³-hybridized carbons (Fsp3) is 0.708. The second kappa shape index (κ2) is 12.1. The highest BCUT2D eigenvalue weighted by molar-refractivity contribution is 5.84. The van der Waals surface area contributed by atoms with Crippen LogP contribution in [0.15, 0.2) is 23.2 Å². The van der Waals surface area contributed by atoms with Crippen molar-refractivity contribution in [3.8, 4) is 5.75 Å². The first-order valence-corrected chi connectivity index (χ1v) is 11.1. The van der Waals surface area contributed by atoms with E-state index in [1.54, 1.807) is 0 Å². The van der Waals surface area contributed by atoms with Gasteiger partial charge in [0.25, 0.3) is 0 Å². The molecule has 0 unspecified atom stereocenters. The Bertz CT molecular complexity index is 521. The van der Waals surface area contributed by atoms with Crippen molar-refractivity contribution in [3.63, 3.8) is 0 Å². The summed E-state index contributed by atoms with van der Waals surface area (Å²) in [7, 11) is 0. The van der Waals surface area contributed by atoms with Crippen LogP contribution in [-0.4, -0.2) is 17.4 Å². The SMILES string of the molecule is CCC(CC)N=Cc1cccc(C2CCCCCCCCCCC2)c1O. The van der Waals surface area contributed by atoms with Gasteiger partial charge in [0.1, 0.15) is 5.75 Å². The highest BCUT2D eigenvalue weighted by Gasteiger charge is 2.17. The molecule has 2 nitrogen and oxygen atoms in total. The number of hydrogen-bond donors (Lipinski definition) is 1. The maximum absolute atomic E-state index is 10.9. The predicted octanol–water partition coefficient (Wildman–Crippen LogP) is 7.39. The van der Waals surface area contributed by atoms with E-state index in [1.807, 2.05) is 12.3 Å². The van der Waals surface area contributed by atoms with E-state index < -0.39 is 0 Å². The lowest BCUT2D eigenvalue weighted by molar-refractivity contribution is 0.432. The van der Waals surface area contributed by atoms with Gasteiger partial charge in [-0.05, 0) is 43.2 Å². The average Bonchev–Trinajstić information content (AvgIpc) is 2.64. The second-order valence-electron chi connectivity index (χ2n) is 7.99. The van der Waals surface area contributed by atoms with Crippen molar-refractivity contribution in [3.05, 3.63) is 29.3 Å². The van der Waals surface area contributed by atoms with Gasteiger partial charge in [-0.15, -0.1) is 0 Å². The largest absolute Gasteiger partial charge is 0.507 e. The molecule has 1 saturated carbocycles. The Morgan fingerprint density at radius 3 is 2.00 bits per heavy atom. The van der Waals surface area contributed by atoms with Gasteiger partial charge in [0.05, 0.1) is 0 Å². The summed E-state index contributed by atoms with van der Waals surface area (Å²) in [4.78, 5) is 4.68. The molecular formula is C24H39NO. The summed E-state index contributed by atoms with van der Waals surface area (Å²) in [5.74, 6) is 0.968. The minimum atomic E-state index is 0.361. The molecule has 26 heavy (non-hydrogen) atoms. The molecule has 1 fully saturated rings. The molecule has 2 rings (SSSR count). The molecule has 1 aromatic carbocycles. The summed E-state index contributed by atoms with van der Waals surface area (Å²) >= 11 is 0. The lowest BCUT2D eigenvalue weighted by Gasteiger charge is -2.20. The molecule has 1 aromatic rings. The molecule has 0 bridgehead atoms. The summed E-state index contributed by atoms with van der Waals surface area (Å²) in [6, 6.07) is 6.60. The first kappa shape index (κ1) is 21.0. The minimum Gasteiger partial charge on any atom is -0.507 e. The zero-order chi connectivity index (χ0) is 18.6. The third kappa shape index (κ3) is 6.78. The van der Waals surface area contributed by atoms with E-state index in [2.05, 4.69) is 31.0 Å². The molecule has 1 N–H and O–H groups in total. The van der Waals surface area contributed by atoms with Gasteiger partial charge < -0.3 is 5.11 Å². The Morgan fingerprint density at radius 2 is 1.46 bits per heavy atom. The van der Waals surface area contributed by atoms with Crippen molar-refractivity contribution in [2.75, 3.05) is 0 Å². The fourth-order valence-electron chi connectivity index (χ4n) is 4.17. The van der Waals surface area contributed by atoms with Gasteiger partial charge in [0, 0.05) is 17.8 Å². The topological polar surface area (TPSA) is 32.6 Å². The number of phenols is 1. The van der Waals surface area contributed by atoms with Crippen molar-refractivity contribution in [2.45, 2.75) is 109 Å². The van der Waals surface area contributed by atoms with E-state index in [1.165, 1.54) is 70.6 Å². The lowest BCUT2D eigenvalue weighted by Crippen LogP contribution is -2.04. The Labute approximate surface area is 161 Å². The molecule has 0 atom stereocenters. The molecule has 0 saturated heterocycles. The van der Waals surface area contributed by atoms with Crippen LogP contribution in [0.5, 0.6) is 5.75 Å². The van der Waals surface area contributed by atoms with E-state index in [0.717, 1.165) is 24.0 Å². The highest BCUT2D eigenvalue weighted by atomic mass is 16.3. The molecule has 0 aliphatic heterocycles. The zero-order valence-corrected chi connectivity index (χ0v) is 17.1. The average molecular weight is 358 g/mol. The van der Waals surface area contributed by atoms with Crippen LogP contribution >= 0.6 is 0 Å². The van der Waals surface area contributed by atoms with E-state index >= 15 is 0 Å². The van der Waals surface area contributed by atoms with Crippen LogP contribution in [0.2, 0.25) is 0 Å².